The van der Waals surface area contributed by atoms with Crippen molar-refractivity contribution < 1.29 is 4.39 Å². The van der Waals surface area contributed by atoms with Gasteiger partial charge in [0.05, 0.1) is 6.67 Å². The Kier molecular flexibility index (Phi) is 5.32. The van der Waals surface area contributed by atoms with E-state index in [-0.39, 0.29) is 6.67 Å². The van der Waals surface area contributed by atoms with E-state index in [1.165, 1.54) is 19.4 Å². The van der Waals surface area contributed by atoms with Gasteiger partial charge in [0.1, 0.15) is 0 Å². The molecule has 0 aliphatic carbocycles. The van der Waals surface area contributed by atoms with Gasteiger partial charge < -0.3 is 10.2 Å². The molecule has 0 aromatic heterocycles. The molecule has 1 N–H and O–H groups in total. The monoisotopic (exact) mass is 188 g/mol. The minimum Gasteiger partial charge on any atom is -0.319 e. The quantitative estimate of drug-likeness (QED) is 0.699. The number of halogens is 1. The number of rotatable bonds is 5. The molecule has 13 heavy (non-hydrogen) atoms. The van der Waals surface area contributed by atoms with E-state index >= 15 is 0 Å². The third-order valence-electron chi connectivity index (χ3n) is 2.70. The molecule has 1 heterocycles. The van der Waals surface area contributed by atoms with Crippen LogP contribution in [-0.4, -0.2) is 44.8 Å². The molecule has 1 fully saturated rings. The molecule has 0 saturated carbocycles. The Labute approximate surface area is 80.5 Å². The molecule has 1 unspecified atom stereocenters. The molecule has 0 aromatic carbocycles. The minimum absolute atomic E-state index is 0.173. The summed E-state index contributed by atoms with van der Waals surface area (Å²) in [6, 6.07) is 0. The number of nitrogens with one attached hydrogen (secondary N) is 1. The summed E-state index contributed by atoms with van der Waals surface area (Å²) in [6.07, 6.45) is 3.30. The van der Waals surface area contributed by atoms with E-state index in [2.05, 4.69) is 10.2 Å². The molecule has 1 rings (SSSR count). The first-order chi connectivity index (χ1) is 6.36. The molecule has 0 radical (unpaired) electrons. The lowest BCUT2D eigenvalue weighted by Crippen LogP contribution is -2.39. The van der Waals surface area contributed by atoms with Crippen LogP contribution in [0.5, 0.6) is 0 Å². The molecule has 1 aliphatic heterocycles. The lowest BCUT2D eigenvalue weighted by molar-refractivity contribution is 0.168. The zero-order valence-corrected chi connectivity index (χ0v) is 8.56. The zero-order chi connectivity index (χ0) is 9.52. The first kappa shape index (κ1) is 10.9. The van der Waals surface area contributed by atoms with Crippen LogP contribution in [0.25, 0.3) is 0 Å². The Bertz CT molecular complexity index is 128. The number of nitrogens with zero attached hydrogens (tertiary/aromatic N) is 1. The van der Waals surface area contributed by atoms with Gasteiger partial charge in [-0.3, -0.25) is 4.39 Å². The summed E-state index contributed by atoms with van der Waals surface area (Å²) in [6.45, 7) is 4.19. The van der Waals surface area contributed by atoms with Crippen LogP contribution in [0.2, 0.25) is 0 Å². The van der Waals surface area contributed by atoms with Crippen molar-refractivity contribution in [3.63, 3.8) is 0 Å². The average Bonchev–Trinajstić information content (AvgIpc) is 2.16. The Hall–Kier alpha value is -0.150. The van der Waals surface area contributed by atoms with Gasteiger partial charge in [0.15, 0.2) is 0 Å². The SMILES string of the molecule is CNCC1CCCN(CCCF)C1. The molecule has 0 aromatic rings. The van der Waals surface area contributed by atoms with Crippen molar-refractivity contribution in [2.45, 2.75) is 19.3 Å². The Balaban J connectivity index is 2.16. The molecule has 78 valence electrons. The standard InChI is InChI=1S/C10H21FN2/c1-12-8-10-4-2-6-13(9-10)7-3-5-11/h10,12H,2-9H2,1H3. The molecule has 1 aliphatic rings. The van der Waals surface area contributed by atoms with Crippen molar-refractivity contribution >= 4 is 0 Å². The smallest absolute Gasteiger partial charge is 0.0906 e. The van der Waals surface area contributed by atoms with E-state index in [0.29, 0.717) is 6.42 Å². The molecule has 0 spiro atoms. The summed E-state index contributed by atoms with van der Waals surface area (Å²) in [5, 5.41) is 3.21. The molecule has 1 atom stereocenters. The fourth-order valence-electron chi connectivity index (χ4n) is 2.09. The summed E-state index contributed by atoms with van der Waals surface area (Å²) in [4.78, 5) is 2.39. The maximum Gasteiger partial charge on any atom is 0.0906 e. The van der Waals surface area contributed by atoms with E-state index in [1.807, 2.05) is 7.05 Å². The van der Waals surface area contributed by atoms with Crippen LogP contribution in [0, 0.1) is 5.92 Å². The highest BCUT2D eigenvalue weighted by Crippen LogP contribution is 2.15. The highest BCUT2D eigenvalue weighted by molar-refractivity contribution is 4.73. The number of hydrogen-bond donors (Lipinski definition) is 1. The second-order valence-electron chi connectivity index (χ2n) is 3.91. The van der Waals surface area contributed by atoms with Gasteiger partial charge in [0, 0.05) is 13.1 Å². The summed E-state index contributed by atoms with van der Waals surface area (Å²) in [5.41, 5.74) is 0. The maximum atomic E-state index is 12.0. The maximum absolute atomic E-state index is 12.0. The fourth-order valence-corrected chi connectivity index (χ4v) is 2.09. The molecular weight excluding hydrogens is 167 g/mol. The van der Waals surface area contributed by atoms with Gasteiger partial charge in [-0.1, -0.05) is 0 Å². The van der Waals surface area contributed by atoms with Gasteiger partial charge in [0.25, 0.3) is 0 Å². The molecule has 3 heteroatoms. The largest absolute Gasteiger partial charge is 0.319 e. The van der Waals surface area contributed by atoms with Crippen LogP contribution in [0.4, 0.5) is 4.39 Å². The van der Waals surface area contributed by atoms with Crippen LogP contribution in [0.3, 0.4) is 0 Å². The highest BCUT2D eigenvalue weighted by Gasteiger charge is 2.18. The van der Waals surface area contributed by atoms with E-state index in [9.17, 15) is 4.39 Å². The van der Waals surface area contributed by atoms with Crippen LogP contribution in [0.15, 0.2) is 0 Å². The second-order valence-corrected chi connectivity index (χ2v) is 3.91. The van der Waals surface area contributed by atoms with E-state index < -0.39 is 0 Å². The van der Waals surface area contributed by atoms with Gasteiger partial charge in [-0.05, 0) is 45.3 Å². The highest BCUT2D eigenvalue weighted by atomic mass is 19.1. The Morgan fingerprint density at radius 3 is 3.08 bits per heavy atom. The van der Waals surface area contributed by atoms with Gasteiger partial charge in [-0.15, -0.1) is 0 Å². The van der Waals surface area contributed by atoms with E-state index in [4.69, 9.17) is 0 Å². The molecule has 0 amide bonds. The summed E-state index contributed by atoms with van der Waals surface area (Å²) < 4.78 is 12.0. The molecule has 1 saturated heterocycles. The van der Waals surface area contributed by atoms with Crippen molar-refractivity contribution in [2.75, 3.05) is 39.9 Å². The van der Waals surface area contributed by atoms with Crippen molar-refractivity contribution in [1.29, 1.82) is 0 Å². The Morgan fingerprint density at radius 1 is 1.54 bits per heavy atom. The number of alkyl halides is 1. The second kappa shape index (κ2) is 6.33. The van der Waals surface area contributed by atoms with Crippen molar-refractivity contribution in [3.8, 4) is 0 Å². The van der Waals surface area contributed by atoms with Crippen LogP contribution in [-0.2, 0) is 0 Å². The lowest BCUT2D eigenvalue weighted by Gasteiger charge is -2.32. The molecule has 2 nitrogen and oxygen atoms in total. The third-order valence-corrected chi connectivity index (χ3v) is 2.70. The number of piperidine rings is 1. The van der Waals surface area contributed by atoms with Gasteiger partial charge in [-0.2, -0.15) is 0 Å². The van der Waals surface area contributed by atoms with Gasteiger partial charge >= 0.3 is 0 Å². The van der Waals surface area contributed by atoms with E-state index in [1.54, 1.807) is 0 Å². The van der Waals surface area contributed by atoms with Gasteiger partial charge in [-0.25, -0.2) is 0 Å². The summed E-state index contributed by atoms with van der Waals surface area (Å²) >= 11 is 0. The van der Waals surface area contributed by atoms with Crippen LogP contribution < -0.4 is 5.32 Å². The summed E-state index contributed by atoms with van der Waals surface area (Å²) in [7, 11) is 2.00. The topological polar surface area (TPSA) is 15.3 Å². The number of hydrogen-bond acceptors (Lipinski definition) is 2. The van der Waals surface area contributed by atoms with E-state index in [0.717, 1.165) is 25.6 Å². The zero-order valence-electron chi connectivity index (χ0n) is 8.56. The van der Waals surface area contributed by atoms with Crippen LogP contribution >= 0.6 is 0 Å². The number of likely N-dealkylation sites (tertiary alicyclic amines) is 1. The van der Waals surface area contributed by atoms with Crippen LogP contribution in [0.1, 0.15) is 19.3 Å². The normalized spacial score (nSPS) is 24.9. The van der Waals surface area contributed by atoms with Crippen molar-refractivity contribution in [2.24, 2.45) is 5.92 Å². The first-order valence-electron chi connectivity index (χ1n) is 5.29. The minimum atomic E-state index is -0.173. The lowest BCUT2D eigenvalue weighted by atomic mass is 9.98. The predicted molar refractivity (Wildman–Crippen MR) is 53.7 cm³/mol. The van der Waals surface area contributed by atoms with Gasteiger partial charge in [0.2, 0.25) is 0 Å². The van der Waals surface area contributed by atoms with Crippen molar-refractivity contribution in [1.82, 2.24) is 10.2 Å². The predicted octanol–water partition coefficient (Wildman–Crippen LogP) is 1.28. The molecule has 0 bridgehead atoms. The molecular formula is C10H21FN2. The summed E-state index contributed by atoms with van der Waals surface area (Å²) in [5.74, 6) is 0.776. The van der Waals surface area contributed by atoms with Crippen molar-refractivity contribution in [3.05, 3.63) is 0 Å². The average molecular weight is 188 g/mol. The fraction of sp³-hybridized carbons (Fsp3) is 1.00. The third kappa shape index (κ3) is 4.05. The first-order valence-corrected chi connectivity index (χ1v) is 5.29. The Morgan fingerprint density at radius 2 is 2.38 bits per heavy atom.